The van der Waals surface area contributed by atoms with Gasteiger partial charge in [-0.25, -0.2) is 4.79 Å². The van der Waals surface area contributed by atoms with Gasteiger partial charge in [0.25, 0.3) is 0 Å². The van der Waals surface area contributed by atoms with Crippen LogP contribution in [0.25, 0.3) is 0 Å². The van der Waals surface area contributed by atoms with Crippen LogP contribution in [0.4, 0.5) is 5.69 Å². The lowest BCUT2D eigenvalue weighted by Gasteiger charge is -2.15. The number of rotatable bonds is 4. The molecule has 3 nitrogen and oxygen atoms in total. The Bertz CT molecular complexity index is 404. The van der Waals surface area contributed by atoms with Crippen LogP contribution in [0.3, 0.4) is 0 Å². The van der Waals surface area contributed by atoms with Gasteiger partial charge in [0.2, 0.25) is 0 Å². The number of nitrogen functional groups attached to an aromatic ring is 1. The molecule has 0 fully saturated rings. The minimum Gasteiger partial charge on any atom is -0.459 e. The van der Waals surface area contributed by atoms with E-state index in [0.29, 0.717) is 22.2 Å². The average Bonchev–Trinajstić information content (AvgIpc) is 2.20. The quantitative estimate of drug-likeness (QED) is 0.662. The summed E-state index contributed by atoms with van der Waals surface area (Å²) in [7, 11) is 0. The van der Waals surface area contributed by atoms with Crippen molar-refractivity contribution in [3.63, 3.8) is 0 Å². The number of benzene rings is 1. The predicted molar refractivity (Wildman–Crippen MR) is 70.2 cm³/mol. The lowest BCUT2D eigenvalue weighted by molar-refractivity contribution is 0.0300. The van der Waals surface area contributed by atoms with Crippen LogP contribution in [-0.4, -0.2) is 12.1 Å². The summed E-state index contributed by atoms with van der Waals surface area (Å²) in [6.07, 6.45) is 0.744. The van der Waals surface area contributed by atoms with E-state index in [1.807, 2.05) is 6.92 Å². The second-order valence-electron chi connectivity index (χ2n) is 4.58. The highest BCUT2D eigenvalue weighted by Gasteiger charge is 2.14. The van der Waals surface area contributed by atoms with Gasteiger partial charge in [0, 0.05) is 0 Å². The third-order valence-corrected chi connectivity index (χ3v) is 2.69. The first-order chi connectivity index (χ1) is 7.90. The summed E-state index contributed by atoms with van der Waals surface area (Å²) in [6.45, 7) is 6.06. The standard InChI is InChI=1S/C13H18ClNO2/c1-8(2)6-9(3)17-13(16)10-4-5-11(14)12(15)7-10/h4-5,7-9H,6,15H2,1-3H3. The second-order valence-corrected chi connectivity index (χ2v) is 4.99. The summed E-state index contributed by atoms with van der Waals surface area (Å²) in [4.78, 5) is 11.8. The van der Waals surface area contributed by atoms with E-state index >= 15 is 0 Å². The van der Waals surface area contributed by atoms with Gasteiger partial charge in [0.1, 0.15) is 0 Å². The number of halogens is 1. The minimum atomic E-state index is -0.360. The first-order valence-electron chi connectivity index (χ1n) is 5.66. The van der Waals surface area contributed by atoms with Crippen molar-refractivity contribution >= 4 is 23.3 Å². The van der Waals surface area contributed by atoms with Crippen LogP contribution in [0.5, 0.6) is 0 Å². The molecule has 1 unspecified atom stereocenters. The van der Waals surface area contributed by atoms with Gasteiger partial charge in [-0.05, 0) is 37.5 Å². The minimum absolute atomic E-state index is 0.0978. The monoisotopic (exact) mass is 255 g/mol. The SMILES string of the molecule is CC(C)CC(C)OC(=O)c1ccc(Cl)c(N)c1. The van der Waals surface area contributed by atoms with Crippen molar-refractivity contribution in [1.29, 1.82) is 0 Å². The summed E-state index contributed by atoms with van der Waals surface area (Å²) in [6, 6.07) is 4.75. The zero-order valence-corrected chi connectivity index (χ0v) is 11.1. The van der Waals surface area contributed by atoms with Gasteiger partial charge in [-0.1, -0.05) is 25.4 Å². The Labute approximate surface area is 107 Å². The molecule has 1 rings (SSSR count). The number of hydrogen-bond donors (Lipinski definition) is 1. The van der Waals surface area contributed by atoms with Crippen molar-refractivity contribution in [3.05, 3.63) is 28.8 Å². The number of carbonyl (C=O) groups excluding carboxylic acids is 1. The van der Waals surface area contributed by atoms with Crippen LogP contribution in [0.1, 0.15) is 37.6 Å². The molecule has 0 bridgehead atoms. The normalized spacial score (nSPS) is 12.5. The zero-order valence-electron chi connectivity index (χ0n) is 10.4. The molecule has 1 aromatic rings. The van der Waals surface area contributed by atoms with Crippen molar-refractivity contribution in [2.45, 2.75) is 33.3 Å². The van der Waals surface area contributed by atoms with Gasteiger partial charge >= 0.3 is 5.97 Å². The molecule has 0 radical (unpaired) electrons. The van der Waals surface area contributed by atoms with Crippen LogP contribution in [0.2, 0.25) is 5.02 Å². The number of carbonyl (C=O) groups is 1. The molecule has 0 aliphatic heterocycles. The third kappa shape index (κ3) is 4.27. The fourth-order valence-electron chi connectivity index (χ4n) is 1.63. The first-order valence-corrected chi connectivity index (χ1v) is 6.04. The molecule has 0 aliphatic rings. The van der Waals surface area contributed by atoms with E-state index in [2.05, 4.69) is 13.8 Å². The molecule has 94 valence electrons. The van der Waals surface area contributed by atoms with E-state index < -0.39 is 0 Å². The maximum atomic E-state index is 11.8. The molecule has 0 aromatic heterocycles. The van der Waals surface area contributed by atoms with Gasteiger partial charge in [0.05, 0.1) is 22.4 Å². The molecule has 0 heterocycles. The van der Waals surface area contributed by atoms with Crippen LogP contribution >= 0.6 is 11.6 Å². The van der Waals surface area contributed by atoms with E-state index in [-0.39, 0.29) is 12.1 Å². The second kappa shape index (κ2) is 5.92. The van der Waals surface area contributed by atoms with E-state index in [1.54, 1.807) is 12.1 Å². The molecule has 1 atom stereocenters. The van der Waals surface area contributed by atoms with Crippen molar-refractivity contribution < 1.29 is 9.53 Å². The lowest BCUT2D eigenvalue weighted by atomic mass is 10.1. The topological polar surface area (TPSA) is 52.3 Å². The van der Waals surface area contributed by atoms with Gasteiger partial charge < -0.3 is 10.5 Å². The Balaban J connectivity index is 2.66. The van der Waals surface area contributed by atoms with E-state index in [1.165, 1.54) is 6.07 Å². The van der Waals surface area contributed by atoms with Gasteiger partial charge in [-0.3, -0.25) is 0 Å². The maximum absolute atomic E-state index is 11.8. The smallest absolute Gasteiger partial charge is 0.338 e. The van der Waals surface area contributed by atoms with Crippen molar-refractivity contribution in [3.8, 4) is 0 Å². The Kier molecular flexibility index (Phi) is 4.82. The molecule has 0 saturated carbocycles. The largest absolute Gasteiger partial charge is 0.459 e. The van der Waals surface area contributed by atoms with Crippen molar-refractivity contribution in [2.75, 3.05) is 5.73 Å². The van der Waals surface area contributed by atoms with Crippen molar-refractivity contribution in [1.82, 2.24) is 0 Å². The number of ether oxygens (including phenoxy) is 1. The molecular formula is C13H18ClNO2. The number of esters is 1. The molecule has 0 saturated heterocycles. The summed E-state index contributed by atoms with van der Waals surface area (Å²) in [5.41, 5.74) is 6.45. The molecule has 1 aromatic carbocycles. The molecule has 17 heavy (non-hydrogen) atoms. The fraction of sp³-hybridized carbons (Fsp3) is 0.462. The van der Waals surface area contributed by atoms with Gasteiger partial charge in [0.15, 0.2) is 0 Å². The van der Waals surface area contributed by atoms with Crippen LogP contribution in [0.15, 0.2) is 18.2 Å². The molecule has 4 heteroatoms. The van der Waals surface area contributed by atoms with Gasteiger partial charge in [-0.2, -0.15) is 0 Å². The third-order valence-electron chi connectivity index (χ3n) is 2.34. The summed E-state index contributed by atoms with van der Waals surface area (Å²) in [5.74, 6) is 0.134. The molecule has 0 amide bonds. The highest BCUT2D eigenvalue weighted by molar-refractivity contribution is 6.33. The maximum Gasteiger partial charge on any atom is 0.338 e. The van der Waals surface area contributed by atoms with E-state index in [4.69, 9.17) is 22.1 Å². The first kappa shape index (κ1) is 13.8. The Hall–Kier alpha value is -1.22. The Morgan fingerprint density at radius 2 is 2.06 bits per heavy atom. The number of anilines is 1. The van der Waals surface area contributed by atoms with Crippen LogP contribution < -0.4 is 5.73 Å². The number of nitrogens with two attached hydrogens (primary N) is 1. The zero-order chi connectivity index (χ0) is 13.0. The molecule has 0 spiro atoms. The predicted octanol–water partition coefficient (Wildman–Crippen LogP) is 3.51. The van der Waals surface area contributed by atoms with Crippen LogP contribution in [-0.2, 0) is 4.74 Å². The van der Waals surface area contributed by atoms with Crippen molar-refractivity contribution in [2.24, 2.45) is 5.92 Å². The highest BCUT2D eigenvalue weighted by Crippen LogP contribution is 2.20. The Morgan fingerprint density at radius 3 is 2.59 bits per heavy atom. The molecule has 0 aliphatic carbocycles. The van der Waals surface area contributed by atoms with E-state index in [9.17, 15) is 4.79 Å². The Morgan fingerprint density at radius 1 is 1.41 bits per heavy atom. The summed E-state index contributed by atoms with van der Waals surface area (Å²) < 4.78 is 5.30. The van der Waals surface area contributed by atoms with E-state index in [0.717, 1.165) is 6.42 Å². The molecule has 2 N–H and O–H groups in total. The summed E-state index contributed by atoms with van der Waals surface area (Å²) >= 11 is 5.78. The number of hydrogen-bond acceptors (Lipinski definition) is 3. The average molecular weight is 256 g/mol. The lowest BCUT2D eigenvalue weighted by Crippen LogP contribution is -2.17. The fourth-order valence-corrected chi connectivity index (χ4v) is 1.75. The van der Waals surface area contributed by atoms with Gasteiger partial charge in [-0.15, -0.1) is 0 Å². The summed E-state index contributed by atoms with van der Waals surface area (Å²) in [5, 5.41) is 0.441. The molecular weight excluding hydrogens is 238 g/mol. The highest BCUT2D eigenvalue weighted by atomic mass is 35.5. The van der Waals surface area contributed by atoms with Crippen LogP contribution in [0, 0.1) is 5.92 Å².